The van der Waals surface area contributed by atoms with Gasteiger partial charge in [0.05, 0.1) is 0 Å². The molecule has 0 bridgehead atoms. The summed E-state index contributed by atoms with van der Waals surface area (Å²) in [7, 11) is -4.67. The minimum Gasteiger partial charge on any atom is -0.386 e. The molecule has 0 radical (unpaired) electrons. The van der Waals surface area contributed by atoms with Crippen molar-refractivity contribution in [2.75, 3.05) is 6.54 Å². The highest BCUT2D eigenvalue weighted by Crippen LogP contribution is 1.82. The highest BCUT2D eigenvalue weighted by Gasteiger charge is 1.96. The lowest BCUT2D eigenvalue weighted by molar-refractivity contribution is 0.381. The molecular weight excluding hydrogens is 174 g/mol. The van der Waals surface area contributed by atoms with Crippen LogP contribution in [0.2, 0.25) is 0 Å². The Balaban J connectivity index is 0.000000187. The van der Waals surface area contributed by atoms with Crippen molar-refractivity contribution in [2.45, 2.75) is 6.42 Å². The zero-order valence-corrected chi connectivity index (χ0v) is 6.37. The van der Waals surface area contributed by atoms with Crippen molar-refractivity contribution in [1.82, 2.24) is 5.43 Å². The second-order valence-electron chi connectivity index (χ2n) is 1.71. The van der Waals surface area contributed by atoms with E-state index in [0.717, 1.165) is 18.8 Å². The predicted octanol–water partition coefficient (Wildman–Crippen LogP) is -1.40. The molecule has 0 unspecified atom stereocenters. The van der Waals surface area contributed by atoms with Gasteiger partial charge in [-0.05, 0) is 0 Å². The first-order valence-electron chi connectivity index (χ1n) is 2.64. The second-order valence-corrected chi connectivity index (χ2v) is 2.60. The topological polar surface area (TPSA) is 125 Å². The van der Waals surface area contributed by atoms with Gasteiger partial charge in [0.2, 0.25) is 0 Å². The van der Waals surface area contributed by atoms with Crippen LogP contribution in [0.15, 0.2) is 5.10 Å². The molecule has 8 heteroatoms. The van der Waals surface area contributed by atoms with Crippen molar-refractivity contribution in [2.24, 2.45) is 10.8 Å². The van der Waals surface area contributed by atoms with Gasteiger partial charge < -0.3 is 11.2 Å². The van der Waals surface area contributed by atoms with Gasteiger partial charge in [0.15, 0.2) is 0 Å². The first kappa shape index (κ1) is 10.1. The highest BCUT2D eigenvalue weighted by molar-refractivity contribution is 7.79. The van der Waals surface area contributed by atoms with Crippen molar-refractivity contribution < 1.29 is 17.5 Å². The van der Waals surface area contributed by atoms with Crippen LogP contribution in [-0.4, -0.2) is 29.9 Å². The Morgan fingerprint density at radius 3 is 2.09 bits per heavy atom. The summed E-state index contributed by atoms with van der Waals surface area (Å²) in [5, 5.41) is 3.68. The van der Waals surface area contributed by atoms with Gasteiger partial charge >= 0.3 is 10.4 Å². The third-order valence-electron chi connectivity index (χ3n) is 0.716. The largest absolute Gasteiger partial charge is 0.394 e. The summed E-state index contributed by atoms with van der Waals surface area (Å²) in [5.74, 6) is 0.718. The Hall–Kier alpha value is -0.860. The van der Waals surface area contributed by atoms with Gasteiger partial charge in [-0.1, -0.05) is 0 Å². The zero-order valence-electron chi connectivity index (χ0n) is 5.56. The molecule has 0 spiro atoms. The number of nitrogens with one attached hydrogen (secondary N) is 1. The van der Waals surface area contributed by atoms with Crippen LogP contribution < -0.4 is 11.2 Å². The van der Waals surface area contributed by atoms with E-state index in [1.807, 2.05) is 0 Å². The summed E-state index contributed by atoms with van der Waals surface area (Å²) in [4.78, 5) is 0. The fourth-order valence-corrected chi connectivity index (χ4v) is 0.397. The Morgan fingerprint density at radius 1 is 1.55 bits per heavy atom. The lowest BCUT2D eigenvalue weighted by Gasteiger charge is -1.75. The lowest BCUT2D eigenvalue weighted by atomic mass is 10.4. The molecule has 11 heavy (non-hydrogen) atoms. The molecule has 7 nitrogen and oxygen atoms in total. The Kier molecular flexibility index (Phi) is 3.79. The summed E-state index contributed by atoms with van der Waals surface area (Å²) in [5.41, 5.74) is 7.96. The predicted molar refractivity (Wildman–Crippen MR) is 38.4 cm³/mol. The van der Waals surface area contributed by atoms with Gasteiger partial charge in [-0.15, -0.1) is 0 Å². The maximum atomic E-state index is 8.74. The van der Waals surface area contributed by atoms with Crippen LogP contribution in [0, 0.1) is 0 Å². The van der Waals surface area contributed by atoms with Crippen molar-refractivity contribution >= 4 is 16.2 Å². The number of nitrogens with zero attached hydrogens (tertiary/aromatic N) is 1. The summed E-state index contributed by atoms with van der Waals surface area (Å²) >= 11 is 0. The first-order valence-corrected chi connectivity index (χ1v) is 4.04. The molecule has 0 saturated heterocycles. The molecule has 0 atom stereocenters. The normalized spacial score (nSPS) is 16.0. The number of nitrogens with two attached hydrogens (primary N) is 1. The quantitative estimate of drug-likeness (QED) is 0.342. The monoisotopic (exact) mass is 183 g/mol. The van der Waals surface area contributed by atoms with Crippen LogP contribution in [0.3, 0.4) is 0 Å². The van der Waals surface area contributed by atoms with E-state index in [9.17, 15) is 0 Å². The standard InChI is InChI=1S/C3H7N3.H2O4S/c4-3-1-2-5-6-3;1-5(2,3)4/h5H,1-2H2,(H2,4,6);(H2,1,2,3,4). The number of hydrazone groups is 1. The molecule has 1 aliphatic rings. The Bertz CT molecular complexity index is 225. The molecule has 0 saturated carbocycles. The molecule has 5 N–H and O–H groups in total. The average molecular weight is 183 g/mol. The lowest BCUT2D eigenvalue weighted by Crippen LogP contribution is -2.06. The average Bonchev–Trinajstić information content (AvgIpc) is 2.12. The van der Waals surface area contributed by atoms with E-state index in [-0.39, 0.29) is 0 Å². The van der Waals surface area contributed by atoms with Crippen LogP contribution in [0.1, 0.15) is 6.42 Å². The fraction of sp³-hybridized carbons (Fsp3) is 0.667. The van der Waals surface area contributed by atoms with Crippen LogP contribution in [-0.2, 0) is 10.4 Å². The van der Waals surface area contributed by atoms with E-state index in [1.165, 1.54) is 0 Å². The molecule has 0 aromatic heterocycles. The van der Waals surface area contributed by atoms with E-state index in [0.29, 0.717) is 0 Å². The molecular formula is C3H9N3O4S. The van der Waals surface area contributed by atoms with E-state index in [4.69, 9.17) is 23.3 Å². The van der Waals surface area contributed by atoms with Crippen molar-refractivity contribution in [3.05, 3.63) is 0 Å². The van der Waals surface area contributed by atoms with E-state index >= 15 is 0 Å². The number of hydrogen-bond acceptors (Lipinski definition) is 5. The SMILES string of the molecule is NC1=NNCC1.O=S(=O)(O)O. The number of hydrogen-bond donors (Lipinski definition) is 4. The Labute approximate surface area is 63.9 Å². The molecule has 1 rings (SSSR count). The van der Waals surface area contributed by atoms with Crippen LogP contribution in [0.5, 0.6) is 0 Å². The highest BCUT2D eigenvalue weighted by atomic mass is 32.3. The minimum absolute atomic E-state index is 0.718. The molecule has 0 fully saturated rings. The van der Waals surface area contributed by atoms with E-state index in [2.05, 4.69) is 10.5 Å². The summed E-state index contributed by atoms with van der Waals surface area (Å²) in [6.07, 6.45) is 0.903. The van der Waals surface area contributed by atoms with E-state index < -0.39 is 10.4 Å². The van der Waals surface area contributed by atoms with Gasteiger partial charge in [-0.2, -0.15) is 13.5 Å². The Morgan fingerprint density at radius 2 is 2.00 bits per heavy atom. The summed E-state index contributed by atoms with van der Waals surface area (Å²) < 4.78 is 31.6. The van der Waals surface area contributed by atoms with Gasteiger partial charge in [0.25, 0.3) is 0 Å². The van der Waals surface area contributed by atoms with Crippen molar-refractivity contribution in [1.29, 1.82) is 0 Å². The number of rotatable bonds is 0. The third-order valence-corrected chi connectivity index (χ3v) is 0.716. The van der Waals surface area contributed by atoms with Crippen LogP contribution in [0.25, 0.3) is 0 Å². The zero-order chi connectivity index (χ0) is 8.91. The molecule has 1 aliphatic heterocycles. The summed E-state index contributed by atoms with van der Waals surface area (Å²) in [6.45, 7) is 0.909. The first-order chi connectivity index (χ1) is 4.89. The van der Waals surface area contributed by atoms with Crippen molar-refractivity contribution in [3.8, 4) is 0 Å². The van der Waals surface area contributed by atoms with E-state index in [1.54, 1.807) is 0 Å². The molecule has 66 valence electrons. The molecule has 0 aliphatic carbocycles. The maximum Gasteiger partial charge on any atom is 0.394 e. The molecule has 0 aromatic carbocycles. The minimum atomic E-state index is -4.67. The van der Waals surface area contributed by atoms with Gasteiger partial charge in [-0.25, -0.2) is 0 Å². The summed E-state index contributed by atoms with van der Waals surface area (Å²) in [6, 6.07) is 0. The van der Waals surface area contributed by atoms with Gasteiger partial charge in [0.1, 0.15) is 5.84 Å². The molecule has 0 aromatic rings. The van der Waals surface area contributed by atoms with Crippen LogP contribution in [0.4, 0.5) is 0 Å². The van der Waals surface area contributed by atoms with Gasteiger partial charge in [-0.3, -0.25) is 9.11 Å². The molecule has 0 amide bonds. The van der Waals surface area contributed by atoms with Crippen molar-refractivity contribution in [3.63, 3.8) is 0 Å². The van der Waals surface area contributed by atoms with Crippen LogP contribution >= 0.6 is 0 Å². The second kappa shape index (κ2) is 4.11. The molecule has 1 heterocycles. The number of amidine groups is 1. The smallest absolute Gasteiger partial charge is 0.386 e. The maximum absolute atomic E-state index is 8.74. The van der Waals surface area contributed by atoms with Gasteiger partial charge in [0, 0.05) is 13.0 Å². The third kappa shape index (κ3) is 12.4. The fourth-order valence-electron chi connectivity index (χ4n) is 0.397.